The van der Waals surface area contributed by atoms with E-state index in [2.05, 4.69) is 5.32 Å². The molecule has 2 aromatic rings. The van der Waals surface area contributed by atoms with Crippen LogP contribution < -0.4 is 14.4 Å². The van der Waals surface area contributed by atoms with Gasteiger partial charge >= 0.3 is 0 Å². The van der Waals surface area contributed by atoms with Crippen LogP contribution in [-0.4, -0.2) is 57.6 Å². The molecular formula is C27H38ClN3O5S. The number of benzene rings is 2. The second-order valence-electron chi connectivity index (χ2n) is 8.86. The zero-order valence-electron chi connectivity index (χ0n) is 22.1. The molecule has 0 heterocycles. The van der Waals surface area contributed by atoms with E-state index >= 15 is 0 Å². The molecule has 2 amide bonds. The molecule has 8 nitrogen and oxygen atoms in total. The molecule has 0 saturated heterocycles. The smallest absolute Gasteiger partial charge is 0.242 e. The second-order valence-corrected chi connectivity index (χ2v) is 11.2. The monoisotopic (exact) mass is 551 g/mol. The zero-order valence-corrected chi connectivity index (χ0v) is 23.6. The van der Waals surface area contributed by atoms with Gasteiger partial charge in [0.2, 0.25) is 21.8 Å². The Morgan fingerprint density at radius 2 is 1.78 bits per heavy atom. The summed E-state index contributed by atoms with van der Waals surface area (Å²) in [6, 6.07) is 13.3. The molecule has 0 saturated carbocycles. The van der Waals surface area contributed by atoms with E-state index in [9.17, 15) is 18.0 Å². The summed E-state index contributed by atoms with van der Waals surface area (Å²) < 4.78 is 31.5. The number of carbonyl (C=O) groups is 2. The van der Waals surface area contributed by atoms with Gasteiger partial charge in [-0.3, -0.25) is 13.9 Å². The minimum atomic E-state index is -3.58. The van der Waals surface area contributed by atoms with E-state index in [1.54, 1.807) is 41.3 Å². The van der Waals surface area contributed by atoms with E-state index in [1.807, 2.05) is 26.0 Å². The average molecular weight is 552 g/mol. The number of nitrogens with one attached hydrogen (secondary N) is 1. The van der Waals surface area contributed by atoms with Crippen molar-refractivity contribution in [1.29, 1.82) is 0 Å². The molecule has 0 spiro atoms. The van der Waals surface area contributed by atoms with Crippen molar-refractivity contribution in [2.24, 2.45) is 0 Å². The largest absolute Gasteiger partial charge is 0.497 e. The minimum Gasteiger partial charge on any atom is -0.497 e. The number of sulfonamides is 1. The lowest BCUT2D eigenvalue weighted by atomic mass is 10.1. The Kier molecular flexibility index (Phi) is 12.2. The summed E-state index contributed by atoms with van der Waals surface area (Å²) in [5.74, 6) is 0.134. The first-order chi connectivity index (χ1) is 17.6. The van der Waals surface area contributed by atoms with Gasteiger partial charge < -0.3 is 15.0 Å². The molecule has 0 aromatic heterocycles. The number of nitrogens with zero attached hydrogens (tertiary/aromatic N) is 2. The van der Waals surface area contributed by atoms with E-state index in [4.69, 9.17) is 16.3 Å². The van der Waals surface area contributed by atoms with Gasteiger partial charge in [0.05, 0.1) is 19.1 Å². The molecule has 0 aliphatic rings. The van der Waals surface area contributed by atoms with Crippen LogP contribution in [0.3, 0.4) is 0 Å². The van der Waals surface area contributed by atoms with Crippen LogP contribution in [0.25, 0.3) is 0 Å². The number of hydrogen-bond acceptors (Lipinski definition) is 5. The van der Waals surface area contributed by atoms with Crippen LogP contribution in [0.4, 0.5) is 5.69 Å². The molecule has 0 radical (unpaired) electrons. The number of anilines is 1. The van der Waals surface area contributed by atoms with Crippen molar-refractivity contribution in [1.82, 2.24) is 10.2 Å². The van der Waals surface area contributed by atoms with E-state index in [1.165, 1.54) is 11.4 Å². The van der Waals surface area contributed by atoms with Gasteiger partial charge in [-0.15, -0.1) is 0 Å². The van der Waals surface area contributed by atoms with Gasteiger partial charge in [0, 0.05) is 37.1 Å². The van der Waals surface area contributed by atoms with Crippen LogP contribution in [0.5, 0.6) is 5.75 Å². The Morgan fingerprint density at radius 1 is 1.08 bits per heavy atom. The van der Waals surface area contributed by atoms with Crippen LogP contribution in [0.2, 0.25) is 5.02 Å². The molecule has 0 aliphatic carbocycles. The normalized spacial score (nSPS) is 12.0. The number of rotatable bonds is 15. The number of halogens is 1. The van der Waals surface area contributed by atoms with Crippen LogP contribution in [0.15, 0.2) is 48.5 Å². The molecular weight excluding hydrogens is 514 g/mol. The maximum absolute atomic E-state index is 13.4. The van der Waals surface area contributed by atoms with Crippen molar-refractivity contribution in [2.75, 3.05) is 30.8 Å². The summed E-state index contributed by atoms with van der Waals surface area (Å²) in [5, 5.41) is 3.53. The van der Waals surface area contributed by atoms with Crippen molar-refractivity contribution >= 4 is 39.1 Å². The van der Waals surface area contributed by atoms with Gasteiger partial charge in [-0.05, 0) is 49.1 Å². The van der Waals surface area contributed by atoms with Gasteiger partial charge in [-0.1, -0.05) is 50.1 Å². The summed E-state index contributed by atoms with van der Waals surface area (Å²) in [6.07, 6.45) is 3.77. The van der Waals surface area contributed by atoms with Crippen molar-refractivity contribution < 1.29 is 22.7 Å². The van der Waals surface area contributed by atoms with Crippen LogP contribution in [0.1, 0.15) is 51.5 Å². The topological polar surface area (TPSA) is 96.0 Å². The van der Waals surface area contributed by atoms with Crippen molar-refractivity contribution in [3.8, 4) is 5.75 Å². The number of carbonyl (C=O) groups excluding carboxylic acids is 2. The van der Waals surface area contributed by atoms with Crippen molar-refractivity contribution in [3.05, 3.63) is 59.1 Å². The molecule has 204 valence electrons. The molecule has 0 unspecified atom stereocenters. The Hall–Kier alpha value is -2.78. The number of unbranched alkanes of at least 4 members (excludes halogenated alkanes) is 1. The number of methoxy groups -OCH3 is 1. The van der Waals surface area contributed by atoms with Crippen LogP contribution in [-0.2, 0) is 26.2 Å². The molecule has 1 N–H and O–H groups in total. The Labute approximate surface area is 226 Å². The lowest BCUT2D eigenvalue weighted by molar-refractivity contribution is -0.141. The summed E-state index contributed by atoms with van der Waals surface area (Å²) in [5.41, 5.74) is 1.32. The van der Waals surface area contributed by atoms with Gasteiger partial charge in [0.1, 0.15) is 11.8 Å². The third-order valence-corrected chi connectivity index (χ3v) is 7.42. The molecule has 0 fully saturated rings. The molecule has 0 aliphatic heterocycles. The molecule has 1 atom stereocenters. The van der Waals surface area contributed by atoms with Gasteiger partial charge in [-0.2, -0.15) is 0 Å². The number of amides is 2. The molecule has 2 rings (SSSR count). The van der Waals surface area contributed by atoms with E-state index < -0.39 is 16.1 Å². The van der Waals surface area contributed by atoms with Gasteiger partial charge in [-0.25, -0.2) is 8.42 Å². The Balaban J connectivity index is 2.20. The first kappa shape index (κ1) is 30.4. The van der Waals surface area contributed by atoms with Gasteiger partial charge in [0.15, 0.2) is 0 Å². The van der Waals surface area contributed by atoms with Crippen LogP contribution >= 0.6 is 11.6 Å². The number of hydrogen-bond donors (Lipinski definition) is 1. The predicted octanol–water partition coefficient (Wildman–Crippen LogP) is 4.62. The molecule has 37 heavy (non-hydrogen) atoms. The quantitative estimate of drug-likeness (QED) is 0.326. The van der Waals surface area contributed by atoms with Gasteiger partial charge in [0.25, 0.3) is 0 Å². The standard InChI is InChI=1S/C27H38ClN3O5S/c1-5-7-17-29-27(33)25(6-2)30(20-21-13-15-22(28)16-14-21)26(32)12-9-18-31(37(4,34)35)23-10-8-11-24(19-23)36-3/h8,10-11,13-16,19,25H,5-7,9,12,17-18,20H2,1-4H3,(H,29,33)/t25-/m1/s1. The molecule has 0 bridgehead atoms. The van der Waals surface area contributed by atoms with E-state index in [0.29, 0.717) is 29.4 Å². The highest BCUT2D eigenvalue weighted by molar-refractivity contribution is 7.92. The fraction of sp³-hybridized carbons (Fsp3) is 0.481. The molecule has 10 heteroatoms. The fourth-order valence-electron chi connectivity index (χ4n) is 3.98. The summed E-state index contributed by atoms with van der Waals surface area (Å²) in [4.78, 5) is 28.0. The highest BCUT2D eigenvalue weighted by Gasteiger charge is 2.28. The Morgan fingerprint density at radius 3 is 2.38 bits per heavy atom. The average Bonchev–Trinajstić information content (AvgIpc) is 2.87. The first-order valence-electron chi connectivity index (χ1n) is 12.5. The lowest BCUT2D eigenvalue weighted by Crippen LogP contribution is -2.49. The summed E-state index contributed by atoms with van der Waals surface area (Å²) in [6.45, 7) is 4.84. The maximum atomic E-state index is 13.4. The highest BCUT2D eigenvalue weighted by Crippen LogP contribution is 2.24. The number of ether oxygens (including phenoxy) is 1. The van der Waals surface area contributed by atoms with E-state index in [0.717, 1.165) is 24.7 Å². The fourth-order valence-corrected chi connectivity index (χ4v) is 5.06. The predicted molar refractivity (Wildman–Crippen MR) is 148 cm³/mol. The Bertz CT molecular complexity index is 1130. The third-order valence-electron chi connectivity index (χ3n) is 5.98. The second kappa shape index (κ2) is 14.8. The highest BCUT2D eigenvalue weighted by atomic mass is 35.5. The minimum absolute atomic E-state index is 0.0856. The summed E-state index contributed by atoms with van der Waals surface area (Å²) in [7, 11) is -2.07. The molecule has 2 aromatic carbocycles. The zero-order chi connectivity index (χ0) is 27.4. The van der Waals surface area contributed by atoms with Crippen molar-refractivity contribution in [2.45, 2.75) is 58.5 Å². The maximum Gasteiger partial charge on any atom is 0.242 e. The lowest BCUT2D eigenvalue weighted by Gasteiger charge is -2.31. The summed E-state index contributed by atoms with van der Waals surface area (Å²) >= 11 is 6.02. The first-order valence-corrected chi connectivity index (χ1v) is 14.8. The van der Waals surface area contributed by atoms with E-state index in [-0.39, 0.29) is 37.7 Å². The SMILES string of the molecule is CCCCNC(=O)[C@@H](CC)N(Cc1ccc(Cl)cc1)C(=O)CCCN(c1cccc(OC)c1)S(C)(=O)=O. The van der Waals surface area contributed by atoms with Crippen molar-refractivity contribution in [3.63, 3.8) is 0 Å². The third kappa shape index (κ3) is 9.55. The van der Waals surface area contributed by atoms with Crippen LogP contribution in [0, 0.1) is 0 Å².